The molecular formula is C16H23NO. The molecule has 0 amide bonds. The average Bonchev–Trinajstić information content (AvgIpc) is 2.51. The first-order valence-corrected chi connectivity index (χ1v) is 6.60. The van der Waals surface area contributed by atoms with Crippen molar-refractivity contribution in [3.05, 3.63) is 35.3 Å². The fraction of sp³-hybridized carbons (Fsp3) is 0.500. The van der Waals surface area contributed by atoms with Crippen LogP contribution in [0.15, 0.2) is 35.3 Å². The van der Waals surface area contributed by atoms with Gasteiger partial charge in [-0.25, -0.2) is 0 Å². The Hall–Kier alpha value is -1.62. The van der Waals surface area contributed by atoms with Gasteiger partial charge in [0.15, 0.2) is 0 Å². The van der Waals surface area contributed by atoms with Gasteiger partial charge in [-0.05, 0) is 43.3 Å². The Morgan fingerprint density at radius 2 is 2.11 bits per heavy atom. The smallest absolute Gasteiger partial charge is 0.0856 e. The van der Waals surface area contributed by atoms with Crippen molar-refractivity contribution in [2.24, 2.45) is 5.92 Å². The van der Waals surface area contributed by atoms with Gasteiger partial charge >= 0.3 is 0 Å². The molecule has 1 unspecified atom stereocenters. The molecule has 0 aromatic rings. The molecule has 0 radical (unpaired) electrons. The predicted octanol–water partition coefficient (Wildman–Crippen LogP) is 3.69. The summed E-state index contributed by atoms with van der Waals surface area (Å²) >= 11 is 0. The summed E-state index contributed by atoms with van der Waals surface area (Å²) in [5, 5.41) is 12.1. The maximum atomic E-state index is 8.78. The van der Waals surface area contributed by atoms with E-state index in [1.54, 1.807) is 6.08 Å². The largest absolute Gasteiger partial charge is 0.516 e. The Morgan fingerprint density at radius 1 is 1.39 bits per heavy atom. The van der Waals surface area contributed by atoms with Gasteiger partial charge in [-0.3, -0.25) is 0 Å². The number of aliphatic hydroxyl groups is 1. The van der Waals surface area contributed by atoms with Gasteiger partial charge in [-0.15, -0.1) is 0 Å². The molecule has 0 heterocycles. The molecule has 2 heteroatoms. The van der Waals surface area contributed by atoms with E-state index in [-0.39, 0.29) is 6.04 Å². The third kappa shape index (κ3) is 4.00. The van der Waals surface area contributed by atoms with E-state index in [2.05, 4.69) is 44.0 Å². The Kier molecular flexibility index (Phi) is 5.58. The van der Waals surface area contributed by atoms with Crippen LogP contribution >= 0.6 is 0 Å². The van der Waals surface area contributed by atoms with E-state index in [0.717, 1.165) is 24.8 Å². The van der Waals surface area contributed by atoms with Crippen LogP contribution in [0.5, 0.6) is 0 Å². The molecule has 0 bridgehead atoms. The summed E-state index contributed by atoms with van der Waals surface area (Å²) in [6.07, 6.45) is 6.96. The number of hydrogen-bond acceptors (Lipinski definition) is 2. The number of nitrogens with one attached hydrogen (secondary N) is 1. The Labute approximate surface area is 110 Å². The minimum Gasteiger partial charge on any atom is -0.516 e. The molecule has 2 N–H and O–H groups in total. The van der Waals surface area contributed by atoms with Gasteiger partial charge in [0.1, 0.15) is 0 Å². The second kappa shape index (κ2) is 6.96. The zero-order valence-corrected chi connectivity index (χ0v) is 11.7. The van der Waals surface area contributed by atoms with E-state index < -0.39 is 0 Å². The first-order chi connectivity index (χ1) is 8.58. The summed E-state index contributed by atoms with van der Waals surface area (Å²) in [6, 6.07) is 0.0847. The Balaban J connectivity index is 2.91. The van der Waals surface area contributed by atoms with Crippen LogP contribution in [0.3, 0.4) is 0 Å². The summed E-state index contributed by atoms with van der Waals surface area (Å²) in [7, 11) is 0. The molecule has 0 aliphatic heterocycles. The van der Waals surface area contributed by atoms with Crippen molar-refractivity contribution in [2.75, 3.05) is 0 Å². The zero-order chi connectivity index (χ0) is 13.5. The SMILES string of the molecule is CCC1=C(NC(C)C=CO)C#CC(C(C)C)=CC1. The molecule has 0 saturated carbocycles. The van der Waals surface area contributed by atoms with E-state index in [1.165, 1.54) is 11.1 Å². The lowest BCUT2D eigenvalue weighted by molar-refractivity contribution is 0.467. The van der Waals surface area contributed by atoms with Crippen molar-refractivity contribution in [1.82, 2.24) is 5.32 Å². The van der Waals surface area contributed by atoms with Crippen LogP contribution in [-0.4, -0.2) is 11.1 Å². The van der Waals surface area contributed by atoms with E-state index in [4.69, 9.17) is 5.11 Å². The van der Waals surface area contributed by atoms with E-state index >= 15 is 0 Å². The molecular weight excluding hydrogens is 222 g/mol. The van der Waals surface area contributed by atoms with E-state index in [0.29, 0.717) is 5.92 Å². The number of aliphatic hydroxyl groups excluding tert-OH is 1. The molecule has 1 rings (SSSR count). The highest BCUT2D eigenvalue weighted by atomic mass is 16.2. The lowest BCUT2D eigenvalue weighted by atomic mass is 10.0. The third-order valence-electron chi connectivity index (χ3n) is 3.05. The molecule has 18 heavy (non-hydrogen) atoms. The highest BCUT2D eigenvalue weighted by molar-refractivity contribution is 5.44. The third-order valence-corrected chi connectivity index (χ3v) is 3.05. The minimum absolute atomic E-state index is 0.0847. The van der Waals surface area contributed by atoms with E-state index in [1.807, 2.05) is 6.92 Å². The molecule has 1 atom stereocenters. The standard InChI is InChI=1S/C16H23NO/c1-5-14-6-7-15(12(2)3)8-9-16(14)17-13(4)10-11-18/h7,10-13,17-18H,5-6H2,1-4H3. The fourth-order valence-electron chi connectivity index (χ4n) is 1.85. The van der Waals surface area contributed by atoms with Crippen LogP contribution in [0.2, 0.25) is 0 Å². The molecule has 0 aromatic carbocycles. The molecule has 1 aliphatic rings. The van der Waals surface area contributed by atoms with Gasteiger partial charge in [0.05, 0.1) is 12.0 Å². The summed E-state index contributed by atoms with van der Waals surface area (Å²) < 4.78 is 0. The highest BCUT2D eigenvalue weighted by Gasteiger charge is 2.09. The normalized spacial score (nSPS) is 17.3. The van der Waals surface area contributed by atoms with E-state index in [9.17, 15) is 0 Å². The van der Waals surface area contributed by atoms with Crippen molar-refractivity contribution < 1.29 is 5.11 Å². The fourth-order valence-corrected chi connectivity index (χ4v) is 1.85. The predicted molar refractivity (Wildman–Crippen MR) is 77.0 cm³/mol. The quantitative estimate of drug-likeness (QED) is 0.572. The number of hydrogen-bond donors (Lipinski definition) is 2. The number of allylic oxidation sites excluding steroid dienone is 4. The van der Waals surface area contributed by atoms with Crippen molar-refractivity contribution in [1.29, 1.82) is 0 Å². The second-order valence-corrected chi connectivity index (χ2v) is 4.87. The van der Waals surface area contributed by atoms with Crippen molar-refractivity contribution in [3.63, 3.8) is 0 Å². The first kappa shape index (κ1) is 14.4. The molecule has 0 saturated heterocycles. The Morgan fingerprint density at radius 3 is 2.67 bits per heavy atom. The molecule has 0 aromatic heterocycles. The van der Waals surface area contributed by atoms with Crippen molar-refractivity contribution >= 4 is 0 Å². The maximum absolute atomic E-state index is 8.78. The molecule has 98 valence electrons. The van der Waals surface area contributed by atoms with Crippen LogP contribution in [0.25, 0.3) is 0 Å². The van der Waals surface area contributed by atoms with Crippen LogP contribution in [0, 0.1) is 17.8 Å². The molecule has 0 fully saturated rings. The minimum atomic E-state index is 0.0847. The van der Waals surface area contributed by atoms with Crippen LogP contribution in [0.4, 0.5) is 0 Å². The lowest BCUT2D eigenvalue weighted by Gasteiger charge is -2.13. The highest BCUT2D eigenvalue weighted by Crippen LogP contribution is 2.19. The van der Waals surface area contributed by atoms with Gasteiger partial charge < -0.3 is 10.4 Å². The Bertz CT molecular complexity index is 430. The van der Waals surface area contributed by atoms with Gasteiger partial charge in [0, 0.05) is 11.6 Å². The van der Waals surface area contributed by atoms with Gasteiger partial charge in [-0.1, -0.05) is 32.8 Å². The molecule has 1 aliphatic carbocycles. The summed E-state index contributed by atoms with van der Waals surface area (Å²) in [4.78, 5) is 0. The average molecular weight is 245 g/mol. The monoisotopic (exact) mass is 245 g/mol. The number of rotatable bonds is 5. The van der Waals surface area contributed by atoms with Crippen molar-refractivity contribution in [3.8, 4) is 11.8 Å². The topological polar surface area (TPSA) is 32.3 Å². The van der Waals surface area contributed by atoms with Gasteiger partial charge in [0.25, 0.3) is 0 Å². The second-order valence-electron chi connectivity index (χ2n) is 4.87. The van der Waals surface area contributed by atoms with Gasteiger partial charge in [-0.2, -0.15) is 0 Å². The first-order valence-electron chi connectivity index (χ1n) is 6.60. The van der Waals surface area contributed by atoms with Gasteiger partial charge in [0.2, 0.25) is 0 Å². The van der Waals surface area contributed by atoms with Crippen LogP contribution in [-0.2, 0) is 0 Å². The van der Waals surface area contributed by atoms with Crippen LogP contribution < -0.4 is 5.32 Å². The maximum Gasteiger partial charge on any atom is 0.0856 e. The lowest BCUT2D eigenvalue weighted by Crippen LogP contribution is -2.23. The molecule has 0 spiro atoms. The summed E-state index contributed by atoms with van der Waals surface area (Å²) in [5.74, 6) is 6.96. The van der Waals surface area contributed by atoms with Crippen LogP contribution in [0.1, 0.15) is 40.5 Å². The summed E-state index contributed by atoms with van der Waals surface area (Å²) in [6.45, 7) is 8.49. The molecule has 2 nitrogen and oxygen atoms in total. The van der Waals surface area contributed by atoms with Crippen molar-refractivity contribution in [2.45, 2.75) is 46.6 Å². The summed E-state index contributed by atoms with van der Waals surface area (Å²) in [5.41, 5.74) is 3.55. The zero-order valence-electron chi connectivity index (χ0n) is 11.7.